The topological polar surface area (TPSA) is 74.2 Å². The highest BCUT2D eigenvalue weighted by atomic mass is 32.2. The molecule has 0 aliphatic carbocycles. The van der Waals surface area contributed by atoms with E-state index >= 15 is 0 Å². The average molecular weight is 225 g/mol. The van der Waals surface area contributed by atoms with Crippen LogP contribution in [0.5, 0.6) is 0 Å². The molecule has 5 heteroatoms. The maximum Gasteiger partial charge on any atom is 0.128 e. The first-order valence-electron chi connectivity index (χ1n) is 4.94. The summed E-state index contributed by atoms with van der Waals surface area (Å²) in [5.74, 6) is 2.48. The van der Waals surface area contributed by atoms with Crippen molar-refractivity contribution in [2.45, 2.75) is 12.1 Å². The molecule has 0 spiro atoms. The summed E-state index contributed by atoms with van der Waals surface area (Å²) in [5.41, 5.74) is 12.8. The molecule has 2 rings (SSSR count). The van der Waals surface area contributed by atoms with Crippen LogP contribution in [0.4, 0.5) is 5.82 Å². The summed E-state index contributed by atoms with van der Waals surface area (Å²) in [7, 11) is 0. The smallest absolute Gasteiger partial charge is 0.128 e. The molecule has 1 saturated heterocycles. The molecule has 15 heavy (non-hydrogen) atoms. The van der Waals surface area contributed by atoms with E-state index in [0.717, 1.165) is 23.7 Å². The second kappa shape index (κ2) is 4.83. The minimum Gasteiger partial charge on any atom is -0.383 e. The third-order valence-electron chi connectivity index (χ3n) is 2.47. The van der Waals surface area contributed by atoms with E-state index in [2.05, 4.69) is 4.98 Å². The first-order valence-corrected chi connectivity index (χ1v) is 6.10. The number of thioether (sulfide) groups is 1. The second-order valence-corrected chi connectivity index (χ2v) is 4.64. The third-order valence-corrected chi connectivity index (χ3v) is 3.49. The first kappa shape index (κ1) is 10.7. The fraction of sp³-hybridized carbons (Fsp3) is 0.500. The minimum absolute atomic E-state index is 0.0512. The van der Waals surface area contributed by atoms with Crippen LogP contribution in [0.15, 0.2) is 18.3 Å². The van der Waals surface area contributed by atoms with Crippen molar-refractivity contribution in [1.29, 1.82) is 0 Å². The van der Waals surface area contributed by atoms with Crippen molar-refractivity contribution in [2.24, 2.45) is 5.73 Å². The van der Waals surface area contributed by atoms with Gasteiger partial charge in [-0.3, -0.25) is 0 Å². The van der Waals surface area contributed by atoms with Gasteiger partial charge >= 0.3 is 0 Å². The van der Waals surface area contributed by atoms with Gasteiger partial charge in [0.2, 0.25) is 0 Å². The number of anilines is 1. The number of nitrogens with two attached hydrogens (primary N) is 2. The van der Waals surface area contributed by atoms with Crippen molar-refractivity contribution < 1.29 is 4.74 Å². The number of ether oxygens (including phenoxy) is 1. The average Bonchev–Trinajstić information content (AvgIpc) is 2.30. The van der Waals surface area contributed by atoms with Gasteiger partial charge in [-0.25, -0.2) is 4.98 Å². The lowest BCUT2D eigenvalue weighted by Crippen LogP contribution is -2.35. The molecular formula is C10H15N3OS. The van der Waals surface area contributed by atoms with Gasteiger partial charge in [-0.2, -0.15) is 11.8 Å². The molecule has 1 aliphatic heterocycles. The molecule has 2 atom stereocenters. The molecule has 2 unspecified atom stereocenters. The summed E-state index contributed by atoms with van der Waals surface area (Å²) in [6.45, 7) is 0.767. The maximum absolute atomic E-state index is 6.11. The molecule has 1 fully saturated rings. The van der Waals surface area contributed by atoms with E-state index in [1.165, 1.54) is 0 Å². The Morgan fingerprint density at radius 2 is 2.47 bits per heavy atom. The Hall–Kier alpha value is -0.780. The summed E-state index contributed by atoms with van der Waals surface area (Å²) in [4.78, 5) is 4.03. The summed E-state index contributed by atoms with van der Waals surface area (Å²) in [5, 5.41) is 0. The van der Waals surface area contributed by atoms with E-state index in [4.69, 9.17) is 16.2 Å². The predicted octanol–water partition coefficient (Wildman–Crippen LogP) is 0.796. The van der Waals surface area contributed by atoms with Gasteiger partial charge in [0.05, 0.1) is 18.8 Å². The van der Waals surface area contributed by atoms with Crippen LogP contribution in [-0.4, -0.2) is 29.2 Å². The van der Waals surface area contributed by atoms with Crippen LogP contribution in [-0.2, 0) is 4.74 Å². The Bertz CT molecular complexity index is 328. The fourth-order valence-electron chi connectivity index (χ4n) is 1.63. The highest BCUT2D eigenvalue weighted by Gasteiger charge is 2.24. The third kappa shape index (κ3) is 2.42. The summed E-state index contributed by atoms with van der Waals surface area (Å²) >= 11 is 1.87. The van der Waals surface area contributed by atoms with Gasteiger partial charge < -0.3 is 16.2 Å². The van der Waals surface area contributed by atoms with Crippen LogP contribution in [0.1, 0.15) is 11.6 Å². The van der Waals surface area contributed by atoms with Crippen molar-refractivity contribution in [3.63, 3.8) is 0 Å². The van der Waals surface area contributed by atoms with Gasteiger partial charge in [0.1, 0.15) is 5.82 Å². The molecule has 1 aromatic heterocycles. The largest absolute Gasteiger partial charge is 0.383 e. The van der Waals surface area contributed by atoms with Crippen molar-refractivity contribution >= 4 is 17.6 Å². The van der Waals surface area contributed by atoms with Crippen molar-refractivity contribution in [1.82, 2.24) is 4.98 Å². The van der Waals surface area contributed by atoms with Crippen LogP contribution in [0, 0.1) is 0 Å². The van der Waals surface area contributed by atoms with Crippen LogP contribution in [0.25, 0.3) is 0 Å². The molecule has 0 aromatic carbocycles. The standard InChI is InChI=1S/C10H15N3OS/c11-9(8-6-15-5-4-14-8)7-2-1-3-13-10(7)12/h1-3,8-9H,4-6,11H2,(H2,12,13). The van der Waals surface area contributed by atoms with Crippen molar-refractivity contribution in [2.75, 3.05) is 23.8 Å². The Labute approximate surface area is 93.4 Å². The lowest BCUT2D eigenvalue weighted by Gasteiger charge is -2.28. The number of aromatic nitrogens is 1. The number of hydrogen-bond acceptors (Lipinski definition) is 5. The van der Waals surface area contributed by atoms with Crippen molar-refractivity contribution in [3.8, 4) is 0 Å². The summed E-state index contributed by atoms with van der Waals surface area (Å²) < 4.78 is 5.62. The van der Waals surface area contributed by atoms with Crippen molar-refractivity contribution in [3.05, 3.63) is 23.9 Å². The molecule has 0 amide bonds. The molecule has 1 aromatic rings. The van der Waals surface area contributed by atoms with Gasteiger partial charge in [0, 0.05) is 23.3 Å². The zero-order valence-electron chi connectivity index (χ0n) is 8.43. The lowest BCUT2D eigenvalue weighted by atomic mass is 10.0. The normalized spacial score (nSPS) is 23.7. The fourth-order valence-corrected chi connectivity index (χ4v) is 2.54. The number of rotatable bonds is 2. The highest BCUT2D eigenvalue weighted by molar-refractivity contribution is 7.99. The minimum atomic E-state index is -0.175. The molecule has 0 bridgehead atoms. The van der Waals surface area contributed by atoms with E-state index in [0.29, 0.717) is 5.82 Å². The van der Waals surface area contributed by atoms with E-state index < -0.39 is 0 Å². The molecular weight excluding hydrogens is 210 g/mol. The zero-order valence-corrected chi connectivity index (χ0v) is 9.24. The van der Waals surface area contributed by atoms with E-state index in [1.807, 2.05) is 23.9 Å². The molecule has 2 heterocycles. The van der Waals surface area contributed by atoms with Gasteiger partial charge in [-0.1, -0.05) is 6.07 Å². The van der Waals surface area contributed by atoms with Crippen LogP contribution in [0.3, 0.4) is 0 Å². The van der Waals surface area contributed by atoms with Gasteiger partial charge in [0.25, 0.3) is 0 Å². The molecule has 0 saturated carbocycles. The van der Waals surface area contributed by atoms with Crippen LogP contribution < -0.4 is 11.5 Å². The molecule has 0 radical (unpaired) electrons. The summed E-state index contributed by atoms with van der Waals surface area (Å²) in [6, 6.07) is 3.59. The number of nitrogens with zero attached hydrogens (tertiary/aromatic N) is 1. The number of nitrogen functional groups attached to an aromatic ring is 1. The Kier molecular flexibility index (Phi) is 3.45. The Morgan fingerprint density at radius 3 is 3.13 bits per heavy atom. The van der Waals surface area contributed by atoms with E-state index in [-0.39, 0.29) is 12.1 Å². The monoisotopic (exact) mass is 225 g/mol. The Morgan fingerprint density at radius 1 is 1.60 bits per heavy atom. The molecule has 1 aliphatic rings. The lowest BCUT2D eigenvalue weighted by molar-refractivity contribution is 0.0570. The molecule has 82 valence electrons. The summed E-state index contributed by atoms with van der Waals surface area (Å²) in [6.07, 6.45) is 1.72. The molecule has 4 nitrogen and oxygen atoms in total. The first-order chi connectivity index (χ1) is 7.29. The van der Waals surface area contributed by atoms with E-state index in [9.17, 15) is 0 Å². The quantitative estimate of drug-likeness (QED) is 0.778. The van der Waals surface area contributed by atoms with Gasteiger partial charge in [-0.15, -0.1) is 0 Å². The number of hydrogen-bond donors (Lipinski definition) is 2. The predicted molar refractivity (Wildman–Crippen MR) is 62.6 cm³/mol. The van der Waals surface area contributed by atoms with Crippen LogP contribution in [0.2, 0.25) is 0 Å². The van der Waals surface area contributed by atoms with Gasteiger partial charge in [0.15, 0.2) is 0 Å². The number of pyridine rings is 1. The van der Waals surface area contributed by atoms with Gasteiger partial charge in [-0.05, 0) is 6.07 Å². The zero-order chi connectivity index (χ0) is 10.7. The maximum atomic E-state index is 6.11. The van der Waals surface area contributed by atoms with E-state index in [1.54, 1.807) is 6.20 Å². The SMILES string of the molecule is Nc1ncccc1C(N)C1CSCCO1. The Balaban J connectivity index is 2.12. The van der Waals surface area contributed by atoms with Crippen LogP contribution >= 0.6 is 11.8 Å². The highest BCUT2D eigenvalue weighted by Crippen LogP contribution is 2.25. The molecule has 4 N–H and O–H groups in total. The second-order valence-electron chi connectivity index (χ2n) is 3.49.